The van der Waals surface area contributed by atoms with Gasteiger partial charge >= 0.3 is 0 Å². The van der Waals surface area contributed by atoms with E-state index in [-0.39, 0.29) is 23.6 Å². The molecule has 5 nitrogen and oxygen atoms in total. The van der Waals surface area contributed by atoms with E-state index >= 15 is 0 Å². The molecule has 0 aliphatic heterocycles. The predicted molar refractivity (Wildman–Crippen MR) is 92.1 cm³/mol. The first kappa shape index (κ1) is 19.1. The van der Waals surface area contributed by atoms with Gasteiger partial charge in [0.2, 0.25) is 5.91 Å². The van der Waals surface area contributed by atoms with Gasteiger partial charge in [0.15, 0.2) is 9.84 Å². The Balaban J connectivity index is 1.89. The second kappa shape index (κ2) is 7.76. The standard InChI is InChI=1S/C18H20FNO4S/c1-18(22,14-7-9-15(19)10-8-14)13-20-17(21)11-12-25(23,24)16-5-3-2-4-6-16/h2-10,22H,11-13H2,1H3,(H,20,21). The highest BCUT2D eigenvalue weighted by molar-refractivity contribution is 7.91. The lowest BCUT2D eigenvalue weighted by Crippen LogP contribution is -2.39. The van der Waals surface area contributed by atoms with Crippen molar-refractivity contribution in [2.24, 2.45) is 0 Å². The molecule has 0 aliphatic rings. The summed E-state index contributed by atoms with van der Waals surface area (Å²) in [5.74, 6) is -1.22. The van der Waals surface area contributed by atoms with Gasteiger partial charge < -0.3 is 10.4 Å². The normalized spacial score (nSPS) is 13.9. The van der Waals surface area contributed by atoms with E-state index in [1.807, 2.05) is 0 Å². The number of sulfone groups is 1. The van der Waals surface area contributed by atoms with Crippen molar-refractivity contribution < 1.29 is 22.7 Å². The molecule has 2 aromatic carbocycles. The summed E-state index contributed by atoms with van der Waals surface area (Å²) in [7, 11) is -3.53. The van der Waals surface area contributed by atoms with Crippen LogP contribution >= 0.6 is 0 Å². The molecule has 1 amide bonds. The third-order valence-electron chi connectivity index (χ3n) is 3.80. The van der Waals surface area contributed by atoms with Crippen LogP contribution in [0, 0.1) is 5.82 Å². The van der Waals surface area contributed by atoms with Crippen LogP contribution in [0.1, 0.15) is 18.9 Å². The van der Waals surface area contributed by atoms with E-state index in [1.54, 1.807) is 18.2 Å². The molecule has 0 heterocycles. The number of amides is 1. The van der Waals surface area contributed by atoms with Gasteiger partial charge in [0.1, 0.15) is 11.4 Å². The summed E-state index contributed by atoms with van der Waals surface area (Å²) in [5.41, 5.74) is -0.937. The monoisotopic (exact) mass is 365 g/mol. The number of hydrogen-bond donors (Lipinski definition) is 2. The minimum Gasteiger partial charge on any atom is -0.384 e. The number of rotatable bonds is 7. The lowest BCUT2D eigenvalue weighted by Gasteiger charge is -2.24. The van der Waals surface area contributed by atoms with Crippen LogP contribution in [0.5, 0.6) is 0 Å². The molecule has 0 aromatic heterocycles. The molecule has 0 bridgehead atoms. The number of aliphatic hydroxyl groups is 1. The Kier molecular flexibility index (Phi) is 5.92. The van der Waals surface area contributed by atoms with Gasteiger partial charge in [0.05, 0.1) is 17.2 Å². The highest BCUT2D eigenvalue weighted by Crippen LogP contribution is 2.20. The summed E-state index contributed by atoms with van der Waals surface area (Å²) in [6, 6.07) is 13.2. The van der Waals surface area contributed by atoms with E-state index in [0.717, 1.165) is 0 Å². The van der Waals surface area contributed by atoms with Crippen molar-refractivity contribution in [1.29, 1.82) is 0 Å². The second-order valence-corrected chi connectivity index (χ2v) is 8.05. The number of carbonyl (C=O) groups is 1. The summed E-state index contributed by atoms with van der Waals surface area (Å²) >= 11 is 0. The average Bonchev–Trinajstić information content (AvgIpc) is 2.59. The smallest absolute Gasteiger partial charge is 0.221 e. The number of carbonyl (C=O) groups excluding carboxylic acids is 1. The Bertz CT molecular complexity index is 818. The molecule has 2 N–H and O–H groups in total. The number of halogens is 1. The van der Waals surface area contributed by atoms with Gasteiger partial charge in [0, 0.05) is 6.42 Å². The van der Waals surface area contributed by atoms with Crippen LogP contribution < -0.4 is 5.32 Å². The van der Waals surface area contributed by atoms with Crippen LogP contribution in [-0.2, 0) is 20.2 Å². The largest absolute Gasteiger partial charge is 0.384 e. The topological polar surface area (TPSA) is 83.5 Å². The zero-order valence-electron chi connectivity index (χ0n) is 13.8. The van der Waals surface area contributed by atoms with Crippen LogP contribution in [0.4, 0.5) is 4.39 Å². The minimum atomic E-state index is -3.53. The van der Waals surface area contributed by atoms with Crippen LogP contribution in [0.25, 0.3) is 0 Å². The van der Waals surface area contributed by atoms with Gasteiger partial charge in [0.25, 0.3) is 0 Å². The van der Waals surface area contributed by atoms with Gasteiger partial charge in [-0.3, -0.25) is 4.79 Å². The molecule has 25 heavy (non-hydrogen) atoms. The predicted octanol–water partition coefficient (Wildman–Crippen LogP) is 2.01. The van der Waals surface area contributed by atoms with E-state index < -0.39 is 27.2 Å². The van der Waals surface area contributed by atoms with Crippen LogP contribution in [0.2, 0.25) is 0 Å². The van der Waals surface area contributed by atoms with E-state index in [9.17, 15) is 22.7 Å². The third kappa shape index (κ3) is 5.37. The quantitative estimate of drug-likeness (QED) is 0.786. The molecule has 0 spiro atoms. The summed E-state index contributed by atoms with van der Waals surface area (Å²) in [4.78, 5) is 12.1. The first-order chi connectivity index (χ1) is 11.7. The first-order valence-corrected chi connectivity index (χ1v) is 9.39. The second-order valence-electron chi connectivity index (χ2n) is 5.94. The van der Waals surface area contributed by atoms with Crippen molar-refractivity contribution in [3.63, 3.8) is 0 Å². The van der Waals surface area contributed by atoms with Crippen molar-refractivity contribution in [2.45, 2.75) is 23.8 Å². The molecule has 7 heteroatoms. The lowest BCUT2D eigenvalue weighted by atomic mass is 9.96. The Labute approximate surface area is 146 Å². The molecule has 0 fully saturated rings. The fourth-order valence-electron chi connectivity index (χ4n) is 2.24. The molecule has 134 valence electrons. The summed E-state index contributed by atoms with van der Waals surface area (Å²) in [6.45, 7) is 1.38. The first-order valence-electron chi connectivity index (χ1n) is 7.74. The van der Waals surface area contributed by atoms with Gasteiger partial charge in [-0.2, -0.15) is 0 Å². The van der Waals surface area contributed by atoms with Crippen molar-refractivity contribution in [3.05, 3.63) is 66.0 Å². The van der Waals surface area contributed by atoms with E-state index in [2.05, 4.69) is 5.32 Å². The Morgan fingerprint density at radius 2 is 1.72 bits per heavy atom. The van der Waals surface area contributed by atoms with Gasteiger partial charge in [-0.15, -0.1) is 0 Å². The van der Waals surface area contributed by atoms with Gasteiger partial charge in [-0.1, -0.05) is 30.3 Å². The van der Waals surface area contributed by atoms with Crippen molar-refractivity contribution in [2.75, 3.05) is 12.3 Å². The van der Waals surface area contributed by atoms with Crippen LogP contribution in [-0.4, -0.2) is 31.7 Å². The Hall–Kier alpha value is -2.25. The molecule has 2 rings (SSSR count). The van der Waals surface area contributed by atoms with Crippen molar-refractivity contribution in [3.8, 4) is 0 Å². The van der Waals surface area contributed by atoms with Crippen LogP contribution in [0.3, 0.4) is 0 Å². The third-order valence-corrected chi connectivity index (χ3v) is 5.53. The Morgan fingerprint density at radius 1 is 1.12 bits per heavy atom. The highest BCUT2D eigenvalue weighted by Gasteiger charge is 2.24. The van der Waals surface area contributed by atoms with Crippen LogP contribution in [0.15, 0.2) is 59.5 Å². The van der Waals surface area contributed by atoms with E-state index in [0.29, 0.717) is 5.56 Å². The fourth-order valence-corrected chi connectivity index (χ4v) is 3.50. The molecular weight excluding hydrogens is 345 g/mol. The lowest BCUT2D eigenvalue weighted by molar-refractivity contribution is -0.121. The molecule has 1 atom stereocenters. The molecule has 0 aliphatic carbocycles. The molecule has 0 radical (unpaired) electrons. The molecular formula is C18H20FNO4S. The SMILES string of the molecule is CC(O)(CNC(=O)CCS(=O)(=O)c1ccccc1)c1ccc(F)cc1. The molecule has 0 saturated heterocycles. The highest BCUT2D eigenvalue weighted by atomic mass is 32.2. The molecule has 0 saturated carbocycles. The zero-order chi connectivity index (χ0) is 18.5. The number of benzene rings is 2. The maximum absolute atomic E-state index is 12.9. The maximum atomic E-state index is 12.9. The number of hydrogen-bond acceptors (Lipinski definition) is 4. The fraction of sp³-hybridized carbons (Fsp3) is 0.278. The van der Waals surface area contributed by atoms with Crippen molar-refractivity contribution >= 4 is 15.7 Å². The minimum absolute atomic E-state index is 0.108. The average molecular weight is 365 g/mol. The summed E-state index contributed by atoms with van der Waals surface area (Å²) in [5, 5.41) is 12.9. The van der Waals surface area contributed by atoms with Gasteiger partial charge in [-0.25, -0.2) is 12.8 Å². The molecule has 1 unspecified atom stereocenters. The van der Waals surface area contributed by atoms with Crippen molar-refractivity contribution in [1.82, 2.24) is 5.32 Å². The molecule has 2 aromatic rings. The summed E-state index contributed by atoms with van der Waals surface area (Å²) in [6.07, 6.45) is -0.212. The van der Waals surface area contributed by atoms with E-state index in [4.69, 9.17) is 0 Å². The number of nitrogens with one attached hydrogen (secondary N) is 1. The Morgan fingerprint density at radius 3 is 2.32 bits per heavy atom. The summed E-state index contributed by atoms with van der Waals surface area (Å²) < 4.78 is 37.2. The van der Waals surface area contributed by atoms with Gasteiger partial charge in [-0.05, 0) is 36.8 Å². The zero-order valence-corrected chi connectivity index (χ0v) is 14.6. The maximum Gasteiger partial charge on any atom is 0.221 e. The van der Waals surface area contributed by atoms with E-state index in [1.165, 1.54) is 43.3 Å².